The third-order valence-corrected chi connectivity index (χ3v) is 4.82. The third-order valence-electron chi connectivity index (χ3n) is 4.59. The molecule has 148 valence electrons. The van der Waals surface area contributed by atoms with Crippen molar-refractivity contribution in [2.75, 3.05) is 50.6 Å². The summed E-state index contributed by atoms with van der Waals surface area (Å²) in [5.41, 5.74) is 1.39. The van der Waals surface area contributed by atoms with Gasteiger partial charge < -0.3 is 24.6 Å². The number of nitrogens with one attached hydrogen (secondary N) is 1. The summed E-state index contributed by atoms with van der Waals surface area (Å²) in [6, 6.07) is 12.6. The first-order valence-electron chi connectivity index (χ1n) is 8.84. The highest BCUT2D eigenvalue weighted by Gasteiger charge is 2.27. The van der Waals surface area contributed by atoms with Gasteiger partial charge in [0.05, 0.1) is 19.9 Å². The minimum absolute atomic E-state index is 0.387. The molecule has 7 nitrogen and oxygen atoms in total. The fourth-order valence-corrected chi connectivity index (χ4v) is 3.26. The average molecular weight is 404 g/mol. The molecule has 0 aliphatic carbocycles. The molecule has 1 N–H and O–H groups in total. The Kier molecular flexibility index (Phi) is 6.26. The van der Waals surface area contributed by atoms with E-state index in [1.54, 1.807) is 23.1 Å². The summed E-state index contributed by atoms with van der Waals surface area (Å²) in [7, 11) is 3.02. The molecule has 1 aliphatic heterocycles. The highest BCUT2D eigenvalue weighted by molar-refractivity contribution is 6.39. The summed E-state index contributed by atoms with van der Waals surface area (Å²) in [6.07, 6.45) is 0. The maximum absolute atomic E-state index is 12.6. The van der Waals surface area contributed by atoms with Crippen LogP contribution in [-0.2, 0) is 9.59 Å². The Morgan fingerprint density at radius 3 is 2.39 bits per heavy atom. The van der Waals surface area contributed by atoms with Crippen molar-refractivity contribution < 1.29 is 19.1 Å². The number of hydrogen-bond donors (Lipinski definition) is 1. The molecule has 0 radical (unpaired) electrons. The molecule has 8 heteroatoms. The first-order chi connectivity index (χ1) is 13.5. The van der Waals surface area contributed by atoms with Crippen LogP contribution in [0.15, 0.2) is 42.5 Å². The van der Waals surface area contributed by atoms with Gasteiger partial charge >= 0.3 is 11.8 Å². The Labute approximate surface area is 168 Å². The number of nitrogens with zero attached hydrogens (tertiary/aromatic N) is 2. The number of anilines is 2. The molecule has 2 aromatic rings. The van der Waals surface area contributed by atoms with Crippen molar-refractivity contribution in [2.45, 2.75) is 0 Å². The van der Waals surface area contributed by atoms with Gasteiger partial charge in [-0.15, -0.1) is 0 Å². The predicted octanol–water partition coefficient (Wildman–Crippen LogP) is 2.64. The molecule has 2 aromatic carbocycles. The topological polar surface area (TPSA) is 71.1 Å². The van der Waals surface area contributed by atoms with Crippen LogP contribution in [0.1, 0.15) is 0 Å². The Morgan fingerprint density at radius 1 is 1.00 bits per heavy atom. The van der Waals surface area contributed by atoms with E-state index in [1.165, 1.54) is 14.2 Å². The molecular formula is C20H22ClN3O4. The van der Waals surface area contributed by atoms with Gasteiger partial charge in [-0.2, -0.15) is 0 Å². The van der Waals surface area contributed by atoms with Gasteiger partial charge in [-0.1, -0.05) is 17.7 Å². The SMILES string of the molecule is COc1ccc(OC)c(NC(=O)C(=O)N2CCN(c3cccc(Cl)c3)CC2)c1. The highest BCUT2D eigenvalue weighted by atomic mass is 35.5. The standard InChI is InChI=1S/C20H22ClN3O4/c1-27-16-6-7-18(28-2)17(13-16)22-19(25)20(26)24-10-8-23(9-11-24)15-5-3-4-14(21)12-15/h3-7,12-13H,8-11H2,1-2H3,(H,22,25). The van der Waals surface area contributed by atoms with Gasteiger partial charge in [-0.25, -0.2) is 0 Å². The zero-order chi connectivity index (χ0) is 20.1. The predicted molar refractivity (Wildman–Crippen MR) is 108 cm³/mol. The lowest BCUT2D eigenvalue weighted by Gasteiger charge is -2.35. The number of benzene rings is 2. The average Bonchev–Trinajstić information content (AvgIpc) is 2.73. The van der Waals surface area contributed by atoms with E-state index < -0.39 is 11.8 Å². The molecular weight excluding hydrogens is 382 g/mol. The zero-order valence-corrected chi connectivity index (χ0v) is 16.5. The molecule has 0 atom stereocenters. The van der Waals surface area contributed by atoms with Crippen molar-refractivity contribution in [3.63, 3.8) is 0 Å². The van der Waals surface area contributed by atoms with Crippen molar-refractivity contribution >= 4 is 34.8 Å². The highest BCUT2D eigenvalue weighted by Crippen LogP contribution is 2.29. The Morgan fingerprint density at radius 2 is 1.75 bits per heavy atom. The fraction of sp³-hybridized carbons (Fsp3) is 0.300. The van der Waals surface area contributed by atoms with Crippen LogP contribution in [0.5, 0.6) is 11.5 Å². The normalized spacial score (nSPS) is 13.8. The van der Waals surface area contributed by atoms with Crippen LogP contribution in [0.25, 0.3) is 0 Å². The summed E-state index contributed by atoms with van der Waals surface area (Å²) in [6.45, 7) is 2.16. The van der Waals surface area contributed by atoms with Gasteiger partial charge in [0.2, 0.25) is 0 Å². The number of rotatable bonds is 4. The van der Waals surface area contributed by atoms with E-state index in [0.29, 0.717) is 48.4 Å². The number of amides is 2. The summed E-state index contributed by atoms with van der Waals surface area (Å²) < 4.78 is 10.4. The summed E-state index contributed by atoms with van der Waals surface area (Å²) >= 11 is 6.04. The summed E-state index contributed by atoms with van der Waals surface area (Å²) in [5.74, 6) is -0.273. The molecule has 0 spiro atoms. The number of carbonyl (C=O) groups excluding carboxylic acids is 2. The molecule has 1 aliphatic rings. The zero-order valence-electron chi connectivity index (χ0n) is 15.8. The van der Waals surface area contributed by atoms with E-state index in [9.17, 15) is 9.59 Å². The largest absolute Gasteiger partial charge is 0.497 e. The van der Waals surface area contributed by atoms with E-state index in [2.05, 4.69) is 10.2 Å². The lowest BCUT2D eigenvalue weighted by molar-refractivity contribution is -0.143. The van der Waals surface area contributed by atoms with Gasteiger partial charge in [0.15, 0.2) is 0 Å². The lowest BCUT2D eigenvalue weighted by Crippen LogP contribution is -2.51. The van der Waals surface area contributed by atoms with Gasteiger partial charge in [0.1, 0.15) is 11.5 Å². The van der Waals surface area contributed by atoms with Crippen LogP contribution in [0.2, 0.25) is 5.02 Å². The van der Waals surface area contributed by atoms with Gasteiger partial charge in [-0.05, 0) is 30.3 Å². The van der Waals surface area contributed by atoms with Crippen LogP contribution in [-0.4, -0.2) is 57.1 Å². The van der Waals surface area contributed by atoms with E-state index in [1.807, 2.05) is 24.3 Å². The number of methoxy groups -OCH3 is 2. The van der Waals surface area contributed by atoms with Crippen LogP contribution >= 0.6 is 11.6 Å². The third kappa shape index (κ3) is 4.48. The van der Waals surface area contributed by atoms with Crippen LogP contribution in [0.3, 0.4) is 0 Å². The molecule has 0 saturated carbocycles. The molecule has 1 fully saturated rings. The van der Waals surface area contributed by atoms with E-state index in [0.717, 1.165) is 5.69 Å². The van der Waals surface area contributed by atoms with E-state index in [-0.39, 0.29) is 0 Å². The van der Waals surface area contributed by atoms with Crippen molar-refractivity contribution in [2.24, 2.45) is 0 Å². The number of carbonyl (C=O) groups is 2. The van der Waals surface area contributed by atoms with Crippen LogP contribution in [0.4, 0.5) is 11.4 Å². The molecule has 28 heavy (non-hydrogen) atoms. The summed E-state index contributed by atoms with van der Waals surface area (Å²) in [4.78, 5) is 28.7. The second kappa shape index (κ2) is 8.84. The Hall–Kier alpha value is -2.93. The van der Waals surface area contributed by atoms with Crippen molar-refractivity contribution in [3.05, 3.63) is 47.5 Å². The molecule has 1 heterocycles. The molecule has 0 unspecified atom stereocenters. The van der Waals surface area contributed by atoms with Crippen LogP contribution < -0.4 is 19.7 Å². The van der Waals surface area contributed by atoms with Gasteiger partial charge in [0, 0.05) is 43.0 Å². The number of piperazine rings is 1. The smallest absolute Gasteiger partial charge is 0.314 e. The molecule has 0 bridgehead atoms. The quantitative estimate of drug-likeness (QED) is 0.795. The van der Waals surface area contributed by atoms with Gasteiger partial charge in [-0.3, -0.25) is 9.59 Å². The second-order valence-electron chi connectivity index (χ2n) is 6.28. The maximum atomic E-state index is 12.6. The second-order valence-corrected chi connectivity index (χ2v) is 6.72. The van der Waals surface area contributed by atoms with Gasteiger partial charge in [0.25, 0.3) is 0 Å². The Balaban J connectivity index is 1.61. The van der Waals surface area contributed by atoms with E-state index >= 15 is 0 Å². The minimum Gasteiger partial charge on any atom is -0.497 e. The first-order valence-corrected chi connectivity index (χ1v) is 9.22. The van der Waals surface area contributed by atoms with Crippen molar-refractivity contribution in [1.29, 1.82) is 0 Å². The number of halogens is 1. The first kappa shape index (κ1) is 19.8. The van der Waals surface area contributed by atoms with Crippen molar-refractivity contribution in [3.8, 4) is 11.5 Å². The minimum atomic E-state index is -0.706. The monoisotopic (exact) mass is 403 g/mol. The number of ether oxygens (including phenoxy) is 2. The van der Waals surface area contributed by atoms with Crippen molar-refractivity contribution in [1.82, 2.24) is 4.90 Å². The Bertz CT molecular complexity index is 866. The molecule has 1 saturated heterocycles. The molecule has 0 aromatic heterocycles. The summed E-state index contributed by atoms with van der Waals surface area (Å²) in [5, 5.41) is 3.29. The maximum Gasteiger partial charge on any atom is 0.314 e. The lowest BCUT2D eigenvalue weighted by atomic mass is 10.2. The van der Waals surface area contributed by atoms with E-state index in [4.69, 9.17) is 21.1 Å². The molecule has 2 amide bonds. The molecule has 3 rings (SSSR count). The van der Waals surface area contributed by atoms with Crippen LogP contribution in [0, 0.1) is 0 Å². The number of hydrogen-bond acceptors (Lipinski definition) is 5. The fourth-order valence-electron chi connectivity index (χ4n) is 3.07.